The van der Waals surface area contributed by atoms with E-state index in [-0.39, 0.29) is 0 Å². The van der Waals surface area contributed by atoms with Crippen molar-refractivity contribution in [3.8, 4) is 0 Å². The third-order valence-electron chi connectivity index (χ3n) is 3.34. The standard InChI is InChI=1S/C11H19N3S2/c1-3-8-4-6-14(7-5-8)11-9(15-2)10(12)13-16-11/h8H,3-7H2,1-2H3,(H2,12,13). The normalized spacial score (nSPS) is 18.0. The van der Waals surface area contributed by atoms with Crippen LogP contribution < -0.4 is 10.6 Å². The Labute approximate surface area is 106 Å². The largest absolute Gasteiger partial charge is 0.382 e. The monoisotopic (exact) mass is 257 g/mol. The van der Waals surface area contributed by atoms with E-state index < -0.39 is 0 Å². The van der Waals surface area contributed by atoms with E-state index in [1.807, 2.05) is 0 Å². The van der Waals surface area contributed by atoms with E-state index in [0.29, 0.717) is 5.82 Å². The summed E-state index contributed by atoms with van der Waals surface area (Å²) in [5.74, 6) is 1.62. The number of hydrogen-bond donors (Lipinski definition) is 1. The van der Waals surface area contributed by atoms with Gasteiger partial charge in [0.25, 0.3) is 0 Å². The first-order valence-electron chi connectivity index (χ1n) is 5.80. The summed E-state index contributed by atoms with van der Waals surface area (Å²) in [6.45, 7) is 4.61. The van der Waals surface area contributed by atoms with Crippen molar-refractivity contribution in [2.45, 2.75) is 31.1 Å². The molecular weight excluding hydrogens is 238 g/mol. The summed E-state index contributed by atoms with van der Waals surface area (Å²) >= 11 is 3.26. The lowest BCUT2D eigenvalue weighted by molar-refractivity contribution is 0.395. The summed E-state index contributed by atoms with van der Waals surface area (Å²) in [7, 11) is 0. The zero-order valence-electron chi connectivity index (χ0n) is 9.90. The van der Waals surface area contributed by atoms with E-state index in [1.165, 1.54) is 29.2 Å². The van der Waals surface area contributed by atoms with Crippen molar-refractivity contribution >= 4 is 34.1 Å². The molecular formula is C11H19N3S2. The minimum Gasteiger partial charge on any atom is -0.382 e. The quantitative estimate of drug-likeness (QED) is 0.845. The maximum atomic E-state index is 5.86. The first kappa shape index (κ1) is 12.0. The van der Waals surface area contributed by atoms with Gasteiger partial charge in [-0.15, -0.1) is 11.8 Å². The lowest BCUT2D eigenvalue weighted by Crippen LogP contribution is -2.33. The number of nitrogen functional groups attached to an aromatic ring is 1. The molecule has 90 valence electrons. The van der Waals surface area contributed by atoms with E-state index in [9.17, 15) is 0 Å². The van der Waals surface area contributed by atoms with Crippen LogP contribution in [0.1, 0.15) is 26.2 Å². The predicted octanol–water partition coefficient (Wildman–Crippen LogP) is 3.07. The van der Waals surface area contributed by atoms with Gasteiger partial charge in [0, 0.05) is 13.1 Å². The molecule has 16 heavy (non-hydrogen) atoms. The molecule has 1 aromatic heterocycles. The highest BCUT2D eigenvalue weighted by Gasteiger charge is 2.22. The van der Waals surface area contributed by atoms with Crippen molar-refractivity contribution in [3.63, 3.8) is 0 Å². The van der Waals surface area contributed by atoms with Gasteiger partial charge in [-0.05, 0) is 36.5 Å². The third-order valence-corrected chi connectivity index (χ3v) is 5.20. The van der Waals surface area contributed by atoms with Crippen molar-refractivity contribution in [1.29, 1.82) is 0 Å². The van der Waals surface area contributed by atoms with Gasteiger partial charge in [-0.2, -0.15) is 4.37 Å². The van der Waals surface area contributed by atoms with E-state index in [2.05, 4.69) is 22.5 Å². The fourth-order valence-electron chi connectivity index (χ4n) is 2.22. The second-order valence-corrected chi connectivity index (χ2v) is 5.81. The Morgan fingerprint density at radius 2 is 2.19 bits per heavy atom. The number of nitrogens with zero attached hydrogens (tertiary/aromatic N) is 2. The summed E-state index contributed by atoms with van der Waals surface area (Å²) in [6, 6.07) is 0. The number of nitrogens with two attached hydrogens (primary N) is 1. The Bertz CT molecular complexity index is 343. The molecule has 3 nitrogen and oxygen atoms in total. The van der Waals surface area contributed by atoms with Gasteiger partial charge in [-0.3, -0.25) is 0 Å². The molecule has 0 atom stereocenters. The molecule has 2 heterocycles. The summed E-state index contributed by atoms with van der Waals surface area (Å²) in [5.41, 5.74) is 5.86. The predicted molar refractivity (Wildman–Crippen MR) is 73.5 cm³/mol. The van der Waals surface area contributed by atoms with Gasteiger partial charge in [0.2, 0.25) is 0 Å². The molecule has 2 rings (SSSR count). The highest BCUT2D eigenvalue weighted by molar-refractivity contribution is 7.99. The number of piperidine rings is 1. The molecule has 0 saturated carbocycles. The van der Waals surface area contributed by atoms with Crippen molar-refractivity contribution in [2.24, 2.45) is 5.92 Å². The van der Waals surface area contributed by atoms with Gasteiger partial charge in [0.1, 0.15) is 5.00 Å². The van der Waals surface area contributed by atoms with Crippen LogP contribution >= 0.6 is 23.3 Å². The van der Waals surface area contributed by atoms with Crippen molar-refractivity contribution in [2.75, 3.05) is 30.0 Å². The lowest BCUT2D eigenvalue weighted by Gasteiger charge is -2.32. The average molecular weight is 257 g/mol. The van der Waals surface area contributed by atoms with Crippen LogP contribution in [0, 0.1) is 5.92 Å². The van der Waals surface area contributed by atoms with Crippen LogP contribution in [0.5, 0.6) is 0 Å². The molecule has 1 aliphatic rings. The second-order valence-electron chi connectivity index (χ2n) is 4.24. The zero-order chi connectivity index (χ0) is 11.5. The molecule has 1 fully saturated rings. The molecule has 1 saturated heterocycles. The minimum absolute atomic E-state index is 0.699. The summed E-state index contributed by atoms with van der Waals surface area (Å²) in [5, 5.41) is 1.28. The van der Waals surface area contributed by atoms with Gasteiger partial charge < -0.3 is 10.6 Å². The van der Waals surface area contributed by atoms with Crippen LogP contribution in [-0.2, 0) is 0 Å². The Balaban J connectivity index is 2.08. The molecule has 2 N–H and O–H groups in total. The molecule has 0 amide bonds. The molecule has 0 spiro atoms. The fourth-order valence-corrected chi connectivity index (χ4v) is 3.96. The van der Waals surface area contributed by atoms with E-state index >= 15 is 0 Å². The van der Waals surface area contributed by atoms with E-state index in [0.717, 1.165) is 19.0 Å². The molecule has 0 radical (unpaired) electrons. The molecule has 1 aliphatic heterocycles. The average Bonchev–Trinajstić information content (AvgIpc) is 2.70. The number of anilines is 2. The Morgan fingerprint density at radius 3 is 2.75 bits per heavy atom. The smallest absolute Gasteiger partial charge is 0.153 e. The van der Waals surface area contributed by atoms with Crippen LogP contribution in [-0.4, -0.2) is 23.7 Å². The Hall–Kier alpha value is -0.420. The van der Waals surface area contributed by atoms with Gasteiger partial charge in [0.05, 0.1) is 4.90 Å². The van der Waals surface area contributed by atoms with Gasteiger partial charge in [0.15, 0.2) is 5.82 Å². The van der Waals surface area contributed by atoms with Crippen LogP contribution in [0.15, 0.2) is 4.90 Å². The Kier molecular flexibility index (Phi) is 3.97. The van der Waals surface area contributed by atoms with Gasteiger partial charge >= 0.3 is 0 Å². The first-order valence-corrected chi connectivity index (χ1v) is 7.80. The third kappa shape index (κ3) is 2.30. The summed E-state index contributed by atoms with van der Waals surface area (Å²) in [6.07, 6.45) is 6.00. The van der Waals surface area contributed by atoms with Crippen LogP contribution in [0.25, 0.3) is 0 Å². The summed E-state index contributed by atoms with van der Waals surface area (Å²) in [4.78, 5) is 3.62. The SMILES string of the molecule is CCC1CCN(c2snc(N)c2SC)CC1. The number of rotatable bonds is 3. The van der Waals surface area contributed by atoms with Crippen molar-refractivity contribution in [1.82, 2.24) is 4.37 Å². The minimum atomic E-state index is 0.699. The highest BCUT2D eigenvalue weighted by Crippen LogP contribution is 2.39. The van der Waals surface area contributed by atoms with E-state index in [4.69, 9.17) is 5.73 Å². The molecule has 5 heteroatoms. The van der Waals surface area contributed by atoms with E-state index in [1.54, 1.807) is 23.3 Å². The molecule has 0 aromatic carbocycles. The first-order chi connectivity index (χ1) is 7.76. The summed E-state index contributed by atoms with van der Waals surface area (Å²) < 4.78 is 4.26. The maximum absolute atomic E-state index is 5.86. The van der Waals surface area contributed by atoms with Gasteiger partial charge in [-0.25, -0.2) is 0 Å². The van der Waals surface area contributed by atoms with Crippen LogP contribution in [0.2, 0.25) is 0 Å². The maximum Gasteiger partial charge on any atom is 0.153 e. The lowest BCUT2D eigenvalue weighted by atomic mass is 9.95. The number of hydrogen-bond acceptors (Lipinski definition) is 5. The van der Waals surface area contributed by atoms with Crippen molar-refractivity contribution < 1.29 is 0 Å². The molecule has 1 aromatic rings. The zero-order valence-corrected chi connectivity index (χ0v) is 11.5. The molecule has 0 bridgehead atoms. The van der Waals surface area contributed by atoms with Crippen LogP contribution in [0.3, 0.4) is 0 Å². The highest BCUT2D eigenvalue weighted by atomic mass is 32.2. The fraction of sp³-hybridized carbons (Fsp3) is 0.727. The second kappa shape index (κ2) is 5.27. The van der Waals surface area contributed by atoms with Gasteiger partial charge in [-0.1, -0.05) is 13.3 Å². The Morgan fingerprint density at radius 1 is 1.50 bits per heavy atom. The van der Waals surface area contributed by atoms with Crippen molar-refractivity contribution in [3.05, 3.63) is 0 Å². The topological polar surface area (TPSA) is 42.2 Å². The number of thioether (sulfide) groups is 1. The van der Waals surface area contributed by atoms with Crippen LogP contribution in [0.4, 0.5) is 10.8 Å². The molecule has 0 unspecified atom stereocenters. The molecule has 0 aliphatic carbocycles. The number of aromatic nitrogens is 1.